The molecule has 0 aromatic rings. The van der Waals surface area contributed by atoms with Gasteiger partial charge in [-0.2, -0.15) is 0 Å². The highest BCUT2D eigenvalue weighted by Gasteiger charge is 2.27. The van der Waals surface area contributed by atoms with E-state index in [1.165, 1.54) is 0 Å². The lowest BCUT2D eigenvalue weighted by molar-refractivity contribution is 0.0755. The van der Waals surface area contributed by atoms with Crippen molar-refractivity contribution in [3.05, 3.63) is 0 Å². The molecule has 0 aromatic heterocycles. The van der Waals surface area contributed by atoms with Crippen molar-refractivity contribution in [2.24, 2.45) is 5.73 Å². The largest absolute Gasteiger partial charge is 0.391 e. The molecule has 0 fully saturated rings. The van der Waals surface area contributed by atoms with E-state index >= 15 is 0 Å². The summed E-state index contributed by atoms with van der Waals surface area (Å²) < 4.78 is 11.9. The van der Waals surface area contributed by atoms with E-state index in [1.807, 2.05) is 6.92 Å². The first kappa shape index (κ1) is 13.9. The molecule has 2 nitrogen and oxygen atoms in total. The first-order chi connectivity index (χ1) is 6.54. The van der Waals surface area contributed by atoms with Gasteiger partial charge in [-0.1, -0.05) is 19.2 Å². The van der Waals surface area contributed by atoms with Crippen molar-refractivity contribution in [2.75, 3.05) is 6.67 Å². The second-order valence-electron chi connectivity index (χ2n) is 4.10. The third-order valence-corrected chi connectivity index (χ3v) is 2.54. The van der Waals surface area contributed by atoms with Gasteiger partial charge in [-0.05, 0) is 26.2 Å². The van der Waals surface area contributed by atoms with E-state index in [-0.39, 0.29) is 0 Å². The van der Waals surface area contributed by atoms with Crippen LogP contribution in [0.25, 0.3) is 0 Å². The van der Waals surface area contributed by atoms with Crippen molar-refractivity contribution in [3.63, 3.8) is 0 Å². The van der Waals surface area contributed by atoms with Crippen molar-refractivity contribution in [3.8, 4) is 0 Å². The summed E-state index contributed by atoms with van der Waals surface area (Å²) in [6.07, 6.45) is 3.42. The lowest BCUT2D eigenvalue weighted by Crippen LogP contribution is -2.48. The highest BCUT2D eigenvalue weighted by molar-refractivity contribution is 6.08. The van der Waals surface area contributed by atoms with E-state index in [1.54, 1.807) is 0 Å². The number of nitrogens with two attached hydrogens (primary N) is 1. The Morgan fingerprint density at radius 3 is 2.57 bits per heavy atom. The number of unbranched alkanes of at least 4 members (excludes halogenated alkanes) is 1. The first-order valence-corrected chi connectivity index (χ1v) is 5.27. The van der Waals surface area contributed by atoms with Gasteiger partial charge in [0.25, 0.3) is 0 Å². The van der Waals surface area contributed by atoms with Crippen molar-refractivity contribution >= 4 is 7.85 Å². The van der Waals surface area contributed by atoms with Crippen LogP contribution in [0.1, 0.15) is 39.0 Å². The Kier molecular flexibility index (Phi) is 7.19. The highest BCUT2D eigenvalue weighted by Crippen LogP contribution is 2.19. The lowest BCUT2D eigenvalue weighted by Gasteiger charge is -2.30. The van der Waals surface area contributed by atoms with Crippen LogP contribution < -0.4 is 5.73 Å². The van der Waals surface area contributed by atoms with Crippen LogP contribution in [-0.4, -0.2) is 31.3 Å². The molecule has 0 amide bonds. The maximum atomic E-state index is 11.9. The molecule has 82 valence electrons. The Bertz CT molecular complexity index is 144. The fraction of sp³-hybridized carbons (Fsp3) is 1.00. The Morgan fingerprint density at radius 1 is 1.43 bits per heavy atom. The summed E-state index contributed by atoms with van der Waals surface area (Å²) >= 11 is 0. The maximum absolute atomic E-state index is 11.9. The average molecular weight is 201 g/mol. The van der Waals surface area contributed by atoms with E-state index in [0.29, 0.717) is 19.2 Å². The summed E-state index contributed by atoms with van der Waals surface area (Å²) in [6, 6.07) is 0. The molecule has 3 N–H and O–H groups in total. The standard InChI is InChI=1S/C10H21BFNO/c1-10(13,6-2-3-7-11)9(14)5-4-8-12/h9,14H,2-8,13H2,1H3. The zero-order chi connectivity index (χ0) is 11.0. The number of rotatable bonds is 8. The predicted molar refractivity (Wildman–Crippen MR) is 58.2 cm³/mol. The molecule has 0 aliphatic heterocycles. The maximum Gasteiger partial charge on any atom is 0.0895 e. The number of hydrogen-bond donors (Lipinski definition) is 2. The van der Waals surface area contributed by atoms with Crippen molar-refractivity contribution in [1.82, 2.24) is 0 Å². The molecular formula is C10H21BFNO. The molecule has 0 spiro atoms. The van der Waals surface area contributed by atoms with Crippen molar-refractivity contribution < 1.29 is 9.50 Å². The van der Waals surface area contributed by atoms with Gasteiger partial charge in [0.05, 0.1) is 20.6 Å². The van der Waals surface area contributed by atoms with Gasteiger partial charge in [0, 0.05) is 5.54 Å². The Morgan fingerprint density at radius 2 is 2.07 bits per heavy atom. The molecule has 0 bridgehead atoms. The Hall–Kier alpha value is -0.0851. The van der Waals surface area contributed by atoms with Crippen LogP contribution in [0.4, 0.5) is 4.39 Å². The molecule has 2 atom stereocenters. The zero-order valence-electron chi connectivity index (χ0n) is 9.01. The number of halogens is 1. The molecule has 2 radical (unpaired) electrons. The Balaban J connectivity index is 3.77. The van der Waals surface area contributed by atoms with Crippen LogP contribution in [0, 0.1) is 0 Å². The number of aliphatic hydroxyl groups is 1. The molecule has 0 aromatic carbocycles. The molecule has 14 heavy (non-hydrogen) atoms. The van der Waals surface area contributed by atoms with Crippen LogP contribution in [0.2, 0.25) is 6.32 Å². The monoisotopic (exact) mass is 201 g/mol. The molecular weight excluding hydrogens is 180 g/mol. The van der Waals surface area contributed by atoms with Crippen LogP contribution in [0.5, 0.6) is 0 Å². The van der Waals surface area contributed by atoms with Gasteiger partial charge < -0.3 is 10.8 Å². The van der Waals surface area contributed by atoms with Crippen LogP contribution in [0.3, 0.4) is 0 Å². The molecule has 0 saturated heterocycles. The third kappa shape index (κ3) is 5.60. The molecule has 0 rings (SSSR count). The van der Waals surface area contributed by atoms with Crippen LogP contribution >= 0.6 is 0 Å². The van der Waals surface area contributed by atoms with Gasteiger partial charge in [0.1, 0.15) is 0 Å². The summed E-state index contributed by atoms with van der Waals surface area (Å²) in [4.78, 5) is 0. The smallest absolute Gasteiger partial charge is 0.0895 e. The minimum Gasteiger partial charge on any atom is -0.391 e. The number of alkyl halides is 1. The van der Waals surface area contributed by atoms with Gasteiger partial charge in [-0.3, -0.25) is 4.39 Å². The topological polar surface area (TPSA) is 46.2 Å². The normalized spacial score (nSPS) is 17.7. The van der Waals surface area contributed by atoms with Crippen LogP contribution in [0.15, 0.2) is 0 Å². The van der Waals surface area contributed by atoms with Gasteiger partial charge in [0.15, 0.2) is 0 Å². The molecule has 0 heterocycles. The van der Waals surface area contributed by atoms with Crippen molar-refractivity contribution in [2.45, 2.75) is 57.0 Å². The van der Waals surface area contributed by atoms with Crippen molar-refractivity contribution in [1.29, 1.82) is 0 Å². The van der Waals surface area contributed by atoms with Gasteiger partial charge >= 0.3 is 0 Å². The van der Waals surface area contributed by atoms with Gasteiger partial charge in [0.2, 0.25) is 0 Å². The second-order valence-corrected chi connectivity index (χ2v) is 4.10. The summed E-state index contributed by atoms with van der Waals surface area (Å²) in [5.41, 5.74) is 5.32. The second kappa shape index (κ2) is 7.24. The molecule has 2 unspecified atom stereocenters. The summed E-state index contributed by atoms with van der Waals surface area (Å²) in [5, 5.41) is 9.68. The molecule has 4 heteroatoms. The van der Waals surface area contributed by atoms with E-state index in [9.17, 15) is 9.50 Å². The average Bonchev–Trinajstić information content (AvgIpc) is 2.14. The fourth-order valence-electron chi connectivity index (χ4n) is 1.42. The van der Waals surface area contributed by atoms with Crippen LogP contribution in [-0.2, 0) is 0 Å². The minimum atomic E-state index is -0.615. The first-order valence-electron chi connectivity index (χ1n) is 5.27. The minimum absolute atomic E-state index is 0.380. The van der Waals surface area contributed by atoms with E-state index in [2.05, 4.69) is 0 Å². The summed E-state index contributed by atoms with van der Waals surface area (Å²) in [7, 11) is 5.36. The highest BCUT2D eigenvalue weighted by atomic mass is 19.1. The van der Waals surface area contributed by atoms with Gasteiger partial charge in [-0.25, -0.2) is 0 Å². The Labute approximate surface area is 87.5 Å². The number of aliphatic hydroxyl groups excluding tert-OH is 1. The summed E-state index contributed by atoms with van der Waals surface area (Å²) in [5.74, 6) is 0. The number of hydrogen-bond acceptors (Lipinski definition) is 2. The van der Waals surface area contributed by atoms with Gasteiger partial charge in [-0.15, -0.1) is 0 Å². The van der Waals surface area contributed by atoms with E-state index in [4.69, 9.17) is 13.6 Å². The quantitative estimate of drug-likeness (QED) is 0.462. The molecule has 0 saturated carbocycles. The lowest BCUT2D eigenvalue weighted by atomic mass is 9.86. The molecule has 0 aliphatic rings. The molecule has 0 aliphatic carbocycles. The van der Waals surface area contributed by atoms with E-state index in [0.717, 1.165) is 19.3 Å². The zero-order valence-corrected chi connectivity index (χ0v) is 9.01. The summed E-state index contributed by atoms with van der Waals surface area (Å²) in [6.45, 7) is 1.42. The predicted octanol–water partition coefficient (Wildman–Crippen LogP) is 1.57. The SMILES string of the molecule is [B]CCCCC(C)(N)C(O)CCCF. The fourth-order valence-corrected chi connectivity index (χ4v) is 1.42. The van der Waals surface area contributed by atoms with E-state index < -0.39 is 18.3 Å². The third-order valence-electron chi connectivity index (χ3n) is 2.54.